The normalized spacial score (nSPS) is 15.3. The highest BCUT2D eigenvalue weighted by Crippen LogP contribution is 2.34. The number of aliphatic hydroxyl groups excluding tert-OH is 1. The largest absolute Gasteiger partial charge is 0.448 e. The molecule has 2 amide bonds. The topological polar surface area (TPSA) is 105 Å². The van der Waals surface area contributed by atoms with Gasteiger partial charge in [-0.05, 0) is 47.1 Å². The number of rotatable bonds is 5. The number of benzene rings is 2. The first kappa shape index (κ1) is 22.8. The Balaban J connectivity index is 1.46. The molecular formula is C25H30N4O4. The molecule has 0 radical (unpaired) electrons. The van der Waals surface area contributed by atoms with Gasteiger partial charge in [-0.15, -0.1) is 0 Å². The average Bonchev–Trinajstić information content (AvgIpc) is 3.38. The fraction of sp³-hybridized carbons (Fsp3) is 0.400. The van der Waals surface area contributed by atoms with Crippen molar-refractivity contribution in [2.45, 2.75) is 51.5 Å². The Morgan fingerprint density at radius 1 is 1.24 bits per heavy atom. The predicted molar refractivity (Wildman–Crippen MR) is 127 cm³/mol. The molecule has 0 aliphatic heterocycles. The van der Waals surface area contributed by atoms with Crippen LogP contribution in [-0.2, 0) is 16.6 Å². The third-order valence-corrected chi connectivity index (χ3v) is 5.95. The molecule has 1 aliphatic carbocycles. The van der Waals surface area contributed by atoms with Crippen LogP contribution in [0, 0.1) is 0 Å². The number of nitrogens with zero attached hydrogens (tertiary/aromatic N) is 2. The van der Waals surface area contributed by atoms with Crippen molar-refractivity contribution in [2.75, 3.05) is 18.5 Å². The molecule has 8 nitrogen and oxygen atoms in total. The lowest BCUT2D eigenvalue weighted by Gasteiger charge is -2.21. The Morgan fingerprint density at radius 2 is 2.06 bits per heavy atom. The lowest BCUT2D eigenvalue weighted by molar-refractivity contribution is 0.135. The van der Waals surface area contributed by atoms with Crippen LogP contribution in [0.5, 0.6) is 0 Å². The van der Waals surface area contributed by atoms with Crippen LogP contribution in [0.15, 0.2) is 42.6 Å². The van der Waals surface area contributed by atoms with Crippen LogP contribution in [0.1, 0.15) is 56.3 Å². The summed E-state index contributed by atoms with van der Waals surface area (Å²) in [4.78, 5) is 25.1. The average molecular weight is 451 g/mol. The lowest BCUT2D eigenvalue weighted by Crippen LogP contribution is -2.31. The van der Waals surface area contributed by atoms with Gasteiger partial charge in [0.15, 0.2) is 0 Å². The van der Waals surface area contributed by atoms with E-state index in [4.69, 9.17) is 9.84 Å². The summed E-state index contributed by atoms with van der Waals surface area (Å²) in [6.07, 6.45) is 3.05. The molecule has 1 atom stereocenters. The van der Waals surface area contributed by atoms with Gasteiger partial charge in [-0.25, -0.2) is 9.59 Å². The molecule has 0 unspecified atom stereocenters. The molecule has 8 heteroatoms. The maximum absolute atomic E-state index is 12.8. The summed E-state index contributed by atoms with van der Waals surface area (Å²) in [7, 11) is 0. The number of nitrogens with one attached hydrogen (secondary N) is 2. The van der Waals surface area contributed by atoms with Crippen LogP contribution in [-0.4, -0.2) is 40.2 Å². The van der Waals surface area contributed by atoms with E-state index in [1.165, 1.54) is 17.3 Å². The zero-order valence-electron chi connectivity index (χ0n) is 19.2. The Labute approximate surface area is 192 Å². The standard InChI is InChI=1S/C25H30N4O4/c1-25(2,3)17-9-10-18-16(14-17)8-11-21(18)28-23(31)27-20-6-4-7-22-19(20)15-26-29(22)24(32)33-13-5-12-30/h4,6-7,9-10,14-15,21,30H,5,8,11-13H2,1-3H3,(H2,27,28,31)/t21-/m1/s1. The molecule has 0 spiro atoms. The molecule has 0 bridgehead atoms. The number of hydrogen-bond acceptors (Lipinski definition) is 5. The van der Waals surface area contributed by atoms with Gasteiger partial charge >= 0.3 is 12.1 Å². The van der Waals surface area contributed by atoms with Crippen molar-refractivity contribution in [3.05, 3.63) is 59.3 Å². The van der Waals surface area contributed by atoms with Gasteiger partial charge in [0, 0.05) is 18.4 Å². The van der Waals surface area contributed by atoms with Crippen molar-refractivity contribution in [3.63, 3.8) is 0 Å². The number of anilines is 1. The summed E-state index contributed by atoms with van der Waals surface area (Å²) < 4.78 is 6.26. The van der Waals surface area contributed by atoms with Crippen LogP contribution >= 0.6 is 0 Å². The maximum Gasteiger partial charge on any atom is 0.435 e. The van der Waals surface area contributed by atoms with Gasteiger partial charge in [0.2, 0.25) is 0 Å². The van der Waals surface area contributed by atoms with Gasteiger partial charge in [-0.3, -0.25) is 0 Å². The number of amides is 2. The minimum atomic E-state index is -0.628. The molecular weight excluding hydrogens is 420 g/mol. The van der Waals surface area contributed by atoms with E-state index in [1.807, 2.05) is 0 Å². The number of aromatic nitrogens is 2. The first-order valence-corrected chi connectivity index (χ1v) is 11.2. The molecule has 0 saturated heterocycles. The van der Waals surface area contributed by atoms with E-state index in [0.717, 1.165) is 23.1 Å². The molecule has 174 valence electrons. The molecule has 4 rings (SSSR count). The zero-order valence-corrected chi connectivity index (χ0v) is 19.2. The van der Waals surface area contributed by atoms with Crippen molar-refractivity contribution in [3.8, 4) is 0 Å². The molecule has 1 aliphatic rings. The third kappa shape index (κ3) is 4.85. The maximum atomic E-state index is 12.8. The second kappa shape index (κ2) is 9.23. The Bertz CT molecular complexity index is 1180. The van der Waals surface area contributed by atoms with Crippen molar-refractivity contribution < 1.29 is 19.4 Å². The summed E-state index contributed by atoms with van der Waals surface area (Å²) in [5, 5.41) is 19.6. The zero-order chi connectivity index (χ0) is 23.6. The van der Waals surface area contributed by atoms with E-state index in [-0.39, 0.29) is 30.7 Å². The Kier molecular flexibility index (Phi) is 6.37. The fourth-order valence-corrected chi connectivity index (χ4v) is 4.14. The highest BCUT2D eigenvalue weighted by Gasteiger charge is 2.26. The fourth-order valence-electron chi connectivity index (χ4n) is 4.14. The summed E-state index contributed by atoms with van der Waals surface area (Å²) in [6, 6.07) is 11.4. The number of carbonyl (C=O) groups excluding carboxylic acids is 2. The van der Waals surface area contributed by atoms with Crippen molar-refractivity contribution in [2.24, 2.45) is 0 Å². The summed E-state index contributed by atoms with van der Waals surface area (Å²) in [5.74, 6) is 0. The van der Waals surface area contributed by atoms with Gasteiger partial charge in [0.05, 0.1) is 30.0 Å². The Hall–Kier alpha value is -3.39. The second-order valence-corrected chi connectivity index (χ2v) is 9.34. The number of hydrogen-bond donors (Lipinski definition) is 3. The van der Waals surface area contributed by atoms with Gasteiger partial charge in [-0.2, -0.15) is 9.78 Å². The van der Waals surface area contributed by atoms with Gasteiger partial charge < -0.3 is 20.5 Å². The second-order valence-electron chi connectivity index (χ2n) is 9.34. The highest BCUT2D eigenvalue weighted by molar-refractivity contribution is 6.02. The quantitative estimate of drug-likeness (QED) is 0.496. The van der Waals surface area contributed by atoms with E-state index >= 15 is 0 Å². The lowest BCUT2D eigenvalue weighted by atomic mass is 9.85. The molecule has 3 N–H and O–H groups in total. The minimum absolute atomic E-state index is 0.0440. The molecule has 0 saturated carbocycles. The predicted octanol–water partition coefficient (Wildman–Crippen LogP) is 4.51. The van der Waals surface area contributed by atoms with E-state index in [1.54, 1.807) is 18.2 Å². The van der Waals surface area contributed by atoms with Gasteiger partial charge in [0.25, 0.3) is 0 Å². The third-order valence-electron chi connectivity index (χ3n) is 5.95. The number of urea groups is 1. The van der Waals surface area contributed by atoms with E-state index in [0.29, 0.717) is 23.0 Å². The number of fused-ring (bicyclic) bond motifs is 2. The molecule has 0 fully saturated rings. The van der Waals surface area contributed by atoms with Crippen LogP contribution in [0.3, 0.4) is 0 Å². The number of ether oxygens (including phenoxy) is 1. The smallest absolute Gasteiger partial charge is 0.435 e. The van der Waals surface area contributed by atoms with E-state index in [2.05, 4.69) is 54.7 Å². The molecule has 33 heavy (non-hydrogen) atoms. The number of carbonyl (C=O) groups is 2. The van der Waals surface area contributed by atoms with E-state index < -0.39 is 6.09 Å². The monoisotopic (exact) mass is 450 g/mol. The van der Waals surface area contributed by atoms with Crippen molar-refractivity contribution in [1.82, 2.24) is 15.1 Å². The van der Waals surface area contributed by atoms with Crippen molar-refractivity contribution in [1.29, 1.82) is 0 Å². The van der Waals surface area contributed by atoms with Gasteiger partial charge in [-0.1, -0.05) is 45.0 Å². The van der Waals surface area contributed by atoms with Crippen LogP contribution in [0.25, 0.3) is 10.9 Å². The minimum Gasteiger partial charge on any atom is -0.448 e. The Morgan fingerprint density at radius 3 is 2.82 bits per heavy atom. The molecule has 1 aromatic heterocycles. The number of aliphatic hydroxyl groups is 1. The molecule has 3 aromatic rings. The van der Waals surface area contributed by atoms with Crippen LogP contribution in [0.4, 0.5) is 15.3 Å². The SMILES string of the molecule is CC(C)(C)c1ccc2c(c1)CC[C@H]2NC(=O)Nc1cccc2c1cnn2C(=O)OCCCO. The molecule has 2 aromatic carbocycles. The van der Waals surface area contributed by atoms with Crippen LogP contribution in [0.2, 0.25) is 0 Å². The first-order chi connectivity index (χ1) is 15.8. The van der Waals surface area contributed by atoms with Crippen LogP contribution < -0.4 is 10.6 Å². The summed E-state index contributed by atoms with van der Waals surface area (Å²) in [5.41, 5.74) is 4.92. The summed E-state index contributed by atoms with van der Waals surface area (Å²) >= 11 is 0. The molecule has 1 heterocycles. The van der Waals surface area contributed by atoms with Crippen molar-refractivity contribution >= 4 is 28.7 Å². The summed E-state index contributed by atoms with van der Waals surface area (Å²) in [6.45, 7) is 6.65. The van der Waals surface area contributed by atoms with Gasteiger partial charge in [0.1, 0.15) is 0 Å². The first-order valence-electron chi connectivity index (χ1n) is 11.2. The number of aryl methyl sites for hydroxylation is 1. The van der Waals surface area contributed by atoms with E-state index in [9.17, 15) is 9.59 Å². The highest BCUT2D eigenvalue weighted by atomic mass is 16.6.